The molecule has 1 saturated carbocycles. The zero-order chi connectivity index (χ0) is 13.6. The van der Waals surface area contributed by atoms with Gasteiger partial charge in [0.15, 0.2) is 5.79 Å². The van der Waals surface area contributed by atoms with Gasteiger partial charge in [-0.25, -0.2) is 0 Å². The van der Waals surface area contributed by atoms with Crippen molar-refractivity contribution in [3.8, 4) is 0 Å². The highest BCUT2D eigenvalue weighted by Crippen LogP contribution is 2.41. The van der Waals surface area contributed by atoms with E-state index in [1.54, 1.807) is 0 Å². The molecule has 1 saturated heterocycles. The summed E-state index contributed by atoms with van der Waals surface area (Å²) in [5, 5.41) is 0. The standard InChI is InChI=1S/C14H25NO3/c1-12(2)8-17-14(18-9-12)6-5-10(11(16)7-14)13(3,4)15/h10H,5-9,15H2,1-4H3. The maximum Gasteiger partial charge on any atom is 0.175 e. The average molecular weight is 255 g/mol. The van der Waals surface area contributed by atoms with E-state index in [9.17, 15) is 4.79 Å². The number of ether oxygens (including phenoxy) is 2. The van der Waals surface area contributed by atoms with Crippen molar-refractivity contribution >= 4 is 5.78 Å². The number of Topliss-reactive ketones (excluding diaryl/α,β-unsaturated/α-hetero) is 1. The van der Waals surface area contributed by atoms with Crippen LogP contribution in [-0.2, 0) is 14.3 Å². The first-order chi connectivity index (χ1) is 8.14. The van der Waals surface area contributed by atoms with Crippen LogP contribution in [-0.4, -0.2) is 30.3 Å². The van der Waals surface area contributed by atoms with Gasteiger partial charge >= 0.3 is 0 Å². The fraction of sp³-hybridized carbons (Fsp3) is 0.929. The maximum absolute atomic E-state index is 12.2. The van der Waals surface area contributed by atoms with Crippen molar-refractivity contribution in [1.29, 1.82) is 0 Å². The molecule has 0 bridgehead atoms. The number of hydrogen-bond donors (Lipinski definition) is 1. The summed E-state index contributed by atoms with van der Waals surface area (Å²) in [5.74, 6) is -0.576. The summed E-state index contributed by atoms with van der Waals surface area (Å²) >= 11 is 0. The minimum atomic E-state index is -0.672. The minimum Gasteiger partial charge on any atom is -0.349 e. The van der Waals surface area contributed by atoms with Crippen LogP contribution in [0.15, 0.2) is 0 Å². The van der Waals surface area contributed by atoms with Gasteiger partial charge in [0.1, 0.15) is 5.78 Å². The first-order valence-electron chi connectivity index (χ1n) is 6.73. The van der Waals surface area contributed by atoms with E-state index in [1.165, 1.54) is 0 Å². The van der Waals surface area contributed by atoms with Crippen molar-refractivity contribution in [3.05, 3.63) is 0 Å². The SMILES string of the molecule is CC1(C)COC2(CCC(C(C)(C)N)C(=O)C2)OC1. The molecule has 4 nitrogen and oxygen atoms in total. The number of nitrogens with two attached hydrogens (primary N) is 1. The Balaban J connectivity index is 2.03. The molecule has 0 radical (unpaired) electrons. The molecular weight excluding hydrogens is 230 g/mol. The number of carbonyl (C=O) groups is 1. The lowest BCUT2D eigenvalue weighted by molar-refractivity contribution is -0.306. The van der Waals surface area contributed by atoms with Crippen molar-refractivity contribution in [2.75, 3.05) is 13.2 Å². The predicted molar refractivity (Wildman–Crippen MR) is 69.0 cm³/mol. The van der Waals surface area contributed by atoms with Crippen LogP contribution in [0.25, 0.3) is 0 Å². The lowest BCUT2D eigenvalue weighted by atomic mass is 9.74. The quantitative estimate of drug-likeness (QED) is 0.777. The molecule has 2 rings (SSSR count). The van der Waals surface area contributed by atoms with E-state index in [0.29, 0.717) is 19.6 Å². The first-order valence-corrected chi connectivity index (χ1v) is 6.73. The molecule has 2 N–H and O–H groups in total. The summed E-state index contributed by atoms with van der Waals surface area (Å²) in [4.78, 5) is 12.2. The van der Waals surface area contributed by atoms with E-state index in [2.05, 4.69) is 13.8 Å². The summed E-state index contributed by atoms with van der Waals surface area (Å²) in [7, 11) is 0. The zero-order valence-corrected chi connectivity index (χ0v) is 11.9. The highest BCUT2D eigenvalue weighted by atomic mass is 16.7. The Hall–Kier alpha value is -0.450. The molecule has 2 fully saturated rings. The Labute approximate surface area is 109 Å². The van der Waals surface area contributed by atoms with Crippen molar-refractivity contribution < 1.29 is 14.3 Å². The molecule has 0 aromatic carbocycles. The lowest BCUT2D eigenvalue weighted by Crippen LogP contribution is -2.55. The summed E-state index contributed by atoms with van der Waals surface area (Å²) in [6, 6.07) is 0. The molecule has 2 aliphatic rings. The molecule has 18 heavy (non-hydrogen) atoms. The van der Waals surface area contributed by atoms with Gasteiger partial charge in [-0.15, -0.1) is 0 Å². The normalized spacial score (nSPS) is 31.6. The van der Waals surface area contributed by atoms with Crippen LogP contribution in [0, 0.1) is 11.3 Å². The van der Waals surface area contributed by atoms with Gasteiger partial charge in [0, 0.05) is 23.3 Å². The molecule has 0 aromatic heterocycles. The summed E-state index contributed by atoms with van der Waals surface area (Å²) in [6.45, 7) is 9.35. The number of rotatable bonds is 1. The van der Waals surface area contributed by atoms with Crippen molar-refractivity contribution in [1.82, 2.24) is 0 Å². The third kappa shape index (κ3) is 2.76. The second kappa shape index (κ2) is 4.29. The van der Waals surface area contributed by atoms with Crippen LogP contribution in [0.3, 0.4) is 0 Å². The molecule has 1 spiro atoms. The topological polar surface area (TPSA) is 61.5 Å². The highest BCUT2D eigenvalue weighted by Gasteiger charge is 2.48. The van der Waals surface area contributed by atoms with Gasteiger partial charge in [0.25, 0.3) is 0 Å². The lowest BCUT2D eigenvalue weighted by Gasteiger charge is -2.47. The van der Waals surface area contributed by atoms with Crippen LogP contribution in [0.5, 0.6) is 0 Å². The molecule has 1 aliphatic carbocycles. The number of hydrogen-bond acceptors (Lipinski definition) is 4. The van der Waals surface area contributed by atoms with Crippen LogP contribution < -0.4 is 5.73 Å². The van der Waals surface area contributed by atoms with Crippen molar-refractivity contribution in [2.45, 2.75) is 58.3 Å². The Bertz CT molecular complexity index is 333. The Morgan fingerprint density at radius 1 is 1.28 bits per heavy atom. The van der Waals surface area contributed by atoms with Gasteiger partial charge in [0.05, 0.1) is 19.6 Å². The second-order valence-electron chi connectivity index (χ2n) is 7.21. The van der Waals surface area contributed by atoms with Crippen LogP contribution in [0.4, 0.5) is 0 Å². The molecule has 0 aromatic rings. The van der Waals surface area contributed by atoms with E-state index in [-0.39, 0.29) is 17.1 Å². The predicted octanol–water partition coefficient (Wildman–Crippen LogP) is 1.86. The first kappa shape index (κ1) is 14.0. The smallest absolute Gasteiger partial charge is 0.175 e. The van der Waals surface area contributed by atoms with Gasteiger partial charge in [0.2, 0.25) is 0 Å². The van der Waals surface area contributed by atoms with Crippen LogP contribution >= 0.6 is 0 Å². The fourth-order valence-electron chi connectivity index (χ4n) is 2.77. The Morgan fingerprint density at radius 3 is 2.28 bits per heavy atom. The van der Waals surface area contributed by atoms with Gasteiger partial charge in [-0.05, 0) is 20.3 Å². The van der Waals surface area contributed by atoms with Crippen LogP contribution in [0.2, 0.25) is 0 Å². The monoisotopic (exact) mass is 255 g/mol. The number of ketones is 1. The molecule has 104 valence electrons. The molecular formula is C14H25NO3. The summed E-state index contributed by atoms with van der Waals surface area (Å²) in [5.41, 5.74) is 5.65. The van der Waals surface area contributed by atoms with E-state index in [0.717, 1.165) is 12.8 Å². The maximum atomic E-state index is 12.2. The largest absolute Gasteiger partial charge is 0.349 e. The summed E-state index contributed by atoms with van der Waals surface area (Å²) < 4.78 is 11.7. The third-order valence-electron chi connectivity index (χ3n) is 4.00. The number of carbonyl (C=O) groups excluding carboxylic acids is 1. The molecule has 4 heteroatoms. The summed E-state index contributed by atoms with van der Waals surface area (Å²) in [6.07, 6.45) is 1.86. The zero-order valence-electron chi connectivity index (χ0n) is 11.9. The molecule has 1 unspecified atom stereocenters. The van der Waals surface area contributed by atoms with E-state index >= 15 is 0 Å². The second-order valence-corrected chi connectivity index (χ2v) is 7.21. The molecule has 0 amide bonds. The Kier molecular flexibility index (Phi) is 3.33. The molecule has 1 heterocycles. The van der Waals surface area contributed by atoms with Crippen LogP contribution in [0.1, 0.15) is 47.0 Å². The molecule has 1 aliphatic heterocycles. The minimum absolute atomic E-state index is 0.0400. The third-order valence-corrected chi connectivity index (χ3v) is 4.00. The van der Waals surface area contributed by atoms with E-state index < -0.39 is 11.3 Å². The van der Waals surface area contributed by atoms with Crippen molar-refractivity contribution in [3.63, 3.8) is 0 Å². The van der Waals surface area contributed by atoms with E-state index in [1.807, 2.05) is 13.8 Å². The fourth-order valence-corrected chi connectivity index (χ4v) is 2.77. The molecule has 1 atom stereocenters. The van der Waals surface area contributed by atoms with Gasteiger partial charge in [-0.2, -0.15) is 0 Å². The van der Waals surface area contributed by atoms with Gasteiger partial charge in [-0.3, -0.25) is 4.79 Å². The van der Waals surface area contributed by atoms with Gasteiger partial charge < -0.3 is 15.2 Å². The average Bonchev–Trinajstić information content (AvgIpc) is 2.21. The highest BCUT2D eigenvalue weighted by molar-refractivity contribution is 5.83. The van der Waals surface area contributed by atoms with Gasteiger partial charge in [-0.1, -0.05) is 13.8 Å². The van der Waals surface area contributed by atoms with E-state index in [4.69, 9.17) is 15.2 Å². The Morgan fingerprint density at radius 2 is 1.83 bits per heavy atom. The van der Waals surface area contributed by atoms with Crippen molar-refractivity contribution in [2.24, 2.45) is 17.1 Å².